The van der Waals surface area contributed by atoms with E-state index in [0.717, 1.165) is 25.1 Å². The van der Waals surface area contributed by atoms with Crippen LogP contribution < -0.4 is 15.8 Å². The minimum absolute atomic E-state index is 0.0216. The molecular weight excluding hydrogens is 505 g/mol. The summed E-state index contributed by atoms with van der Waals surface area (Å²) in [6.45, 7) is 2.32. The Morgan fingerprint density at radius 2 is 1.97 bits per heavy atom. The number of rotatable bonds is 7. The van der Waals surface area contributed by atoms with E-state index in [1.165, 1.54) is 19.2 Å². The summed E-state index contributed by atoms with van der Waals surface area (Å²) in [6.07, 6.45) is -5.28. The standard InChI is InChI=1S/C24H24F5N3O5/c1-11-17(14-3-4-15(25)18(26)19(14)36-10-13-6-8-35-13)20(37-23(11,2)24(27,28)29)22(34)32-12-5-7-31-16(9-12)21(30)33/h3-5,7,9,11,13,17,20H,6,8,10H2,1-2H3,(H2,30,33)(H,31,32,34)/t11-,13-,17-,20+,23+/m0/s1. The SMILES string of the molecule is C[C@H]1[C@@H](c2ccc(F)c(F)c2OC[C@@H]2CCO2)[C@H](C(=O)Nc2ccnc(C(N)=O)c2)O[C@@]1(C)C(F)(F)F. The van der Waals surface area contributed by atoms with Gasteiger partial charge in [-0.05, 0) is 25.1 Å². The fourth-order valence-electron chi connectivity index (χ4n) is 4.43. The lowest BCUT2D eigenvalue weighted by Gasteiger charge is -2.32. The minimum atomic E-state index is -4.91. The first kappa shape index (κ1) is 26.7. The van der Waals surface area contributed by atoms with Crippen molar-refractivity contribution in [2.45, 2.75) is 50.2 Å². The first-order valence-electron chi connectivity index (χ1n) is 11.4. The molecule has 2 aromatic rings. The molecule has 2 fully saturated rings. The van der Waals surface area contributed by atoms with E-state index in [1.54, 1.807) is 0 Å². The number of benzene rings is 1. The van der Waals surface area contributed by atoms with Gasteiger partial charge in [-0.2, -0.15) is 17.6 Å². The van der Waals surface area contributed by atoms with Gasteiger partial charge in [-0.3, -0.25) is 14.6 Å². The summed E-state index contributed by atoms with van der Waals surface area (Å²) < 4.78 is 87.5. The van der Waals surface area contributed by atoms with Crippen LogP contribution in [0.1, 0.15) is 42.2 Å². The lowest BCUT2D eigenvalue weighted by molar-refractivity contribution is -0.272. The van der Waals surface area contributed by atoms with Gasteiger partial charge < -0.3 is 25.3 Å². The fraction of sp³-hybridized carbons (Fsp3) is 0.458. The zero-order valence-corrected chi connectivity index (χ0v) is 19.8. The third-order valence-electron chi connectivity index (χ3n) is 6.85. The van der Waals surface area contributed by atoms with Crippen molar-refractivity contribution in [2.75, 3.05) is 18.5 Å². The number of hydrogen-bond donors (Lipinski definition) is 2. The summed E-state index contributed by atoms with van der Waals surface area (Å²) in [4.78, 5) is 28.4. The zero-order valence-electron chi connectivity index (χ0n) is 19.8. The number of primary amides is 1. The number of amides is 2. The van der Waals surface area contributed by atoms with Crippen molar-refractivity contribution in [3.63, 3.8) is 0 Å². The van der Waals surface area contributed by atoms with E-state index in [9.17, 15) is 31.5 Å². The van der Waals surface area contributed by atoms with Gasteiger partial charge in [0.2, 0.25) is 5.82 Å². The molecule has 8 nitrogen and oxygen atoms in total. The van der Waals surface area contributed by atoms with Crippen molar-refractivity contribution in [1.82, 2.24) is 4.98 Å². The van der Waals surface area contributed by atoms with Gasteiger partial charge in [-0.15, -0.1) is 0 Å². The Labute approximate surface area is 208 Å². The Morgan fingerprint density at radius 3 is 2.57 bits per heavy atom. The zero-order chi connectivity index (χ0) is 27.1. The highest BCUT2D eigenvalue weighted by Gasteiger charge is 2.66. The van der Waals surface area contributed by atoms with Crippen LogP contribution >= 0.6 is 0 Å². The molecule has 0 spiro atoms. The largest absolute Gasteiger partial charge is 0.487 e. The molecule has 37 heavy (non-hydrogen) atoms. The minimum Gasteiger partial charge on any atom is -0.487 e. The predicted octanol–water partition coefficient (Wildman–Crippen LogP) is 3.70. The first-order valence-corrected chi connectivity index (χ1v) is 11.4. The molecule has 0 unspecified atom stereocenters. The van der Waals surface area contributed by atoms with Crippen molar-refractivity contribution in [3.05, 3.63) is 53.4 Å². The van der Waals surface area contributed by atoms with Gasteiger partial charge in [0.1, 0.15) is 18.4 Å². The maximum atomic E-state index is 14.9. The van der Waals surface area contributed by atoms with E-state index in [1.807, 2.05) is 0 Å². The number of hydrogen-bond acceptors (Lipinski definition) is 6. The van der Waals surface area contributed by atoms with Crippen molar-refractivity contribution in [3.8, 4) is 5.75 Å². The van der Waals surface area contributed by atoms with Gasteiger partial charge in [0.05, 0.1) is 6.10 Å². The summed E-state index contributed by atoms with van der Waals surface area (Å²) in [7, 11) is 0. The molecule has 4 rings (SSSR count). The molecule has 2 aliphatic heterocycles. The molecule has 13 heteroatoms. The first-order chi connectivity index (χ1) is 17.3. The van der Waals surface area contributed by atoms with E-state index in [2.05, 4.69) is 10.3 Å². The van der Waals surface area contributed by atoms with Crippen LogP contribution in [-0.4, -0.2) is 54.0 Å². The number of aromatic nitrogens is 1. The van der Waals surface area contributed by atoms with Crippen molar-refractivity contribution in [1.29, 1.82) is 0 Å². The second-order valence-electron chi connectivity index (χ2n) is 9.11. The third kappa shape index (κ3) is 4.97. The molecule has 3 N–H and O–H groups in total. The van der Waals surface area contributed by atoms with Gasteiger partial charge in [0, 0.05) is 42.3 Å². The summed E-state index contributed by atoms with van der Waals surface area (Å²) >= 11 is 0. The number of pyridine rings is 1. The molecule has 0 aliphatic carbocycles. The number of carbonyl (C=O) groups is 2. The molecule has 3 heterocycles. The molecule has 0 bridgehead atoms. The average molecular weight is 529 g/mol. The second kappa shape index (κ2) is 9.86. The highest BCUT2D eigenvalue weighted by molar-refractivity contribution is 5.97. The van der Waals surface area contributed by atoms with Gasteiger partial charge in [-0.1, -0.05) is 13.0 Å². The Balaban J connectivity index is 1.74. The highest BCUT2D eigenvalue weighted by atomic mass is 19.4. The normalized spacial score (nSPS) is 27.4. The number of nitrogens with two attached hydrogens (primary N) is 1. The number of nitrogens with one attached hydrogen (secondary N) is 1. The number of halogens is 5. The maximum absolute atomic E-state index is 14.9. The van der Waals surface area contributed by atoms with Crippen LogP contribution in [0.15, 0.2) is 30.5 Å². The van der Waals surface area contributed by atoms with Gasteiger partial charge in [0.15, 0.2) is 17.2 Å². The maximum Gasteiger partial charge on any atom is 0.417 e. The molecule has 0 saturated carbocycles. The van der Waals surface area contributed by atoms with Gasteiger partial charge in [0.25, 0.3) is 11.8 Å². The Hall–Kier alpha value is -3.32. The third-order valence-corrected chi connectivity index (χ3v) is 6.85. The lowest BCUT2D eigenvalue weighted by Crippen LogP contribution is -2.47. The van der Waals surface area contributed by atoms with Crippen molar-refractivity contribution >= 4 is 17.5 Å². The number of carbonyl (C=O) groups excluding carboxylic acids is 2. The molecule has 2 aliphatic rings. The number of nitrogens with zero attached hydrogens (tertiary/aromatic N) is 1. The van der Waals surface area contributed by atoms with Crippen molar-refractivity contribution < 1.29 is 45.8 Å². The molecular formula is C24H24F5N3O5. The smallest absolute Gasteiger partial charge is 0.417 e. The van der Waals surface area contributed by atoms with Crippen LogP contribution in [0.5, 0.6) is 5.75 Å². The lowest BCUT2D eigenvalue weighted by atomic mass is 9.77. The Bertz CT molecular complexity index is 1210. The van der Waals surface area contributed by atoms with Crippen LogP contribution in [0, 0.1) is 17.6 Å². The quantitative estimate of drug-likeness (QED) is 0.529. The van der Waals surface area contributed by atoms with Crippen LogP contribution in [0.3, 0.4) is 0 Å². The van der Waals surface area contributed by atoms with Crippen LogP contribution in [0.25, 0.3) is 0 Å². The Morgan fingerprint density at radius 1 is 1.27 bits per heavy atom. The van der Waals surface area contributed by atoms with Gasteiger partial charge >= 0.3 is 6.18 Å². The average Bonchev–Trinajstić information content (AvgIpc) is 3.08. The molecule has 2 amide bonds. The number of alkyl halides is 3. The second-order valence-corrected chi connectivity index (χ2v) is 9.11. The topological polar surface area (TPSA) is 113 Å². The Kier molecular flexibility index (Phi) is 7.12. The summed E-state index contributed by atoms with van der Waals surface area (Å²) in [6, 6.07) is 4.27. The summed E-state index contributed by atoms with van der Waals surface area (Å²) in [5.74, 6) is -7.99. The van der Waals surface area contributed by atoms with E-state index >= 15 is 0 Å². The number of anilines is 1. The molecule has 2 saturated heterocycles. The monoisotopic (exact) mass is 529 g/mol. The predicted molar refractivity (Wildman–Crippen MR) is 119 cm³/mol. The van der Waals surface area contributed by atoms with Crippen LogP contribution in [0.4, 0.5) is 27.6 Å². The fourth-order valence-corrected chi connectivity index (χ4v) is 4.43. The van der Waals surface area contributed by atoms with Crippen molar-refractivity contribution in [2.24, 2.45) is 11.7 Å². The molecule has 0 radical (unpaired) electrons. The van der Waals surface area contributed by atoms with Crippen LogP contribution in [-0.2, 0) is 14.3 Å². The molecule has 1 aromatic heterocycles. The summed E-state index contributed by atoms with van der Waals surface area (Å²) in [5.41, 5.74) is 2.05. The molecule has 200 valence electrons. The molecule has 5 atom stereocenters. The summed E-state index contributed by atoms with van der Waals surface area (Å²) in [5, 5.41) is 2.39. The van der Waals surface area contributed by atoms with E-state index < -0.39 is 58.9 Å². The number of ether oxygens (including phenoxy) is 3. The van der Waals surface area contributed by atoms with E-state index in [-0.39, 0.29) is 29.7 Å². The molecule has 1 aromatic carbocycles. The van der Waals surface area contributed by atoms with E-state index in [4.69, 9.17) is 19.9 Å². The van der Waals surface area contributed by atoms with Gasteiger partial charge in [-0.25, -0.2) is 4.39 Å². The highest BCUT2D eigenvalue weighted by Crippen LogP contribution is 2.55. The van der Waals surface area contributed by atoms with E-state index in [0.29, 0.717) is 13.0 Å². The van der Waals surface area contributed by atoms with Crippen LogP contribution in [0.2, 0.25) is 0 Å².